The van der Waals surface area contributed by atoms with E-state index in [-0.39, 0.29) is 19.4 Å². The van der Waals surface area contributed by atoms with Crippen molar-refractivity contribution in [1.82, 2.24) is 4.90 Å². The van der Waals surface area contributed by atoms with Crippen LogP contribution in [0.25, 0.3) is 0 Å². The van der Waals surface area contributed by atoms with E-state index in [9.17, 15) is 4.79 Å². The van der Waals surface area contributed by atoms with Crippen molar-refractivity contribution in [2.75, 3.05) is 13.6 Å². The minimum atomic E-state index is -0.0208. The Kier molecular flexibility index (Phi) is 7.19. The number of carbonyl (C=O) groups is 1. The molecule has 1 amide bonds. The van der Waals surface area contributed by atoms with Gasteiger partial charge in [-0.1, -0.05) is 6.58 Å². The van der Waals surface area contributed by atoms with Crippen LogP contribution in [0.5, 0.6) is 0 Å². The molecule has 0 atom stereocenters. The van der Waals surface area contributed by atoms with Crippen molar-refractivity contribution in [3.05, 3.63) is 12.7 Å². The maximum atomic E-state index is 10.6. The number of hydrogen-bond acceptors (Lipinski definition) is 1. The van der Waals surface area contributed by atoms with Crippen LogP contribution in [-0.2, 0) is 4.79 Å². The quantitative estimate of drug-likeness (QED) is 0.528. The minimum absolute atomic E-state index is 0. The summed E-state index contributed by atoms with van der Waals surface area (Å²) in [5.74, 6) is -0.0208. The summed E-state index contributed by atoms with van der Waals surface area (Å²) in [6.07, 6.45) is 1.31. The van der Waals surface area contributed by atoms with Crippen molar-refractivity contribution >= 4 is 19.4 Å². The molecule has 54 valence electrons. The Morgan fingerprint density at radius 2 is 2.22 bits per heavy atom. The minimum Gasteiger partial charge on any atom is -0.343 e. The number of rotatable bonds is 2. The summed E-state index contributed by atoms with van der Waals surface area (Å²) in [4.78, 5) is 12.1. The van der Waals surface area contributed by atoms with Crippen LogP contribution in [-0.4, -0.2) is 24.4 Å². The Labute approximate surface area is 63.0 Å². The van der Waals surface area contributed by atoms with Crippen molar-refractivity contribution in [3.63, 3.8) is 0 Å². The Bertz CT molecular complexity index is 103. The van der Waals surface area contributed by atoms with Crippen LogP contribution < -0.4 is 0 Å². The maximum absolute atomic E-state index is 10.6. The van der Waals surface area contributed by atoms with Crippen molar-refractivity contribution < 1.29 is 4.79 Å². The molecule has 3 heteroatoms. The molecular weight excluding hydrogens is 134 g/mol. The average Bonchev–Trinajstić information content (AvgIpc) is 1.84. The molecule has 0 aromatic heterocycles. The number of amides is 1. The highest BCUT2D eigenvalue weighted by atomic mass is 32.1. The lowest BCUT2D eigenvalue weighted by Crippen LogP contribution is -2.23. The maximum Gasteiger partial charge on any atom is 0.245 e. The van der Waals surface area contributed by atoms with E-state index in [4.69, 9.17) is 0 Å². The van der Waals surface area contributed by atoms with Crippen LogP contribution >= 0.6 is 13.5 Å². The summed E-state index contributed by atoms with van der Waals surface area (Å²) in [5.41, 5.74) is 0. The molecule has 0 spiro atoms. The first-order valence-corrected chi connectivity index (χ1v) is 2.60. The van der Waals surface area contributed by atoms with Crippen molar-refractivity contribution in [2.45, 2.75) is 6.92 Å². The Morgan fingerprint density at radius 1 is 1.78 bits per heavy atom. The van der Waals surface area contributed by atoms with E-state index < -0.39 is 0 Å². The molecule has 0 bridgehead atoms. The summed E-state index contributed by atoms with van der Waals surface area (Å²) in [6, 6.07) is 0. The predicted octanol–water partition coefficient (Wildman–Crippen LogP) is 0.763. The van der Waals surface area contributed by atoms with Gasteiger partial charge in [-0.3, -0.25) is 4.79 Å². The summed E-state index contributed by atoms with van der Waals surface area (Å²) < 4.78 is 0. The molecule has 0 saturated carbocycles. The Morgan fingerprint density at radius 3 is 2.33 bits per heavy atom. The number of hydrogen-bond donors (Lipinski definition) is 0. The zero-order valence-electron chi connectivity index (χ0n) is 5.85. The summed E-state index contributed by atoms with van der Waals surface area (Å²) in [6.45, 7) is 6.00. The number of nitrogens with zero attached hydrogens (tertiary/aromatic N) is 1. The summed E-state index contributed by atoms with van der Waals surface area (Å²) >= 11 is 0. The summed E-state index contributed by atoms with van der Waals surface area (Å²) in [7, 11) is 1.74. The van der Waals surface area contributed by atoms with Gasteiger partial charge in [0.05, 0.1) is 0 Å². The Balaban J connectivity index is 0. The second kappa shape index (κ2) is 5.69. The van der Waals surface area contributed by atoms with E-state index in [1.807, 2.05) is 6.92 Å². The largest absolute Gasteiger partial charge is 0.343 e. The topological polar surface area (TPSA) is 20.3 Å². The molecule has 2 nitrogen and oxygen atoms in total. The molecule has 9 heavy (non-hydrogen) atoms. The normalized spacial score (nSPS) is 7.33. The zero-order valence-corrected chi connectivity index (χ0v) is 6.85. The molecule has 0 aliphatic carbocycles. The van der Waals surface area contributed by atoms with Gasteiger partial charge in [-0.15, -0.1) is 0 Å². The van der Waals surface area contributed by atoms with E-state index in [0.717, 1.165) is 6.54 Å². The van der Waals surface area contributed by atoms with Gasteiger partial charge in [0.25, 0.3) is 0 Å². The highest BCUT2D eigenvalue weighted by Gasteiger charge is 1.96. The van der Waals surface area contributed by atoms with E-state index >= 15 is 0 Å². The second-order valence-corrected chi connectivity index (χ2v) is 1.56. The van der Waals surface area contributed by atoms with E-state index in [1.165, 1.54) is 6.08 Å². The zero-order chi connectivity index (χ0) is 6.57. The van der Waals surface area contributed by atoms with Gasteiger partial charge in [0, 0.05) is 13.6 Å². The third-order valence-corrected chi connectivity index (χ3v) is 1.03. The molecule has 0 aliphatic rings. The SMILES string of the molecule is C=CC(=O)N(C)CC.S. The van der Waals surface area contributed by atoms with Crippen molar-refractivity contribution in [2.24, 2.45) is 0 Å². The van der Waals surface area contributed by atoms with Gasteiger partial charge in [-0.25, -0.2) is 0 Å². The fourth-order valence-electron chi connectivity index (χ4n) is 0.312. The standard InChI is InChI=1S/C6H11NO.H2S/c1-4-6(8)7(3)5-2;/h4H,1,5H2,2-3H3;1H2. The average molecular weight is 147 g/mol. The smallest absolute Gasteiger partial charge is 0.245 e. The molecule has 0 radical (unpaired) electrons. The monoisotopic (exact) mass is 147 g/mol. The Hall–Kier alpha value is -0.440. The van der Waals surface area contributed by atoms with Crippen LogP contribution in [0.4, 0.5) is 0 Å². The van der Waals surface area contributed by atoms with Gasteiger partial charge in [-0.2, -0.15) is 13.5 Å². The molecule has 0 aromatic rings. The summed E-state index contributed by atoms with van der Waals surface area (Å²) in [5, 5.41) is 0. The van der Waals surface area contributed by atoms with E-state index in [0.29, 0.717) is 0 Å². The van der Waals surface area contributed by atoms with Gasteiger partial charge < -0.3 is 4.90 Å². The fourth-order valence-corrected chi connectivity index (χ4v) is 0.312. The molecule has 0 aliphatic heterocycles. The molecule has 0 rings (SSSR count). The molecule has 0 heterocycles. The third-order valence-electron chi connectivity index (χ3n) is 1.03. The van der Waals surface area contributed by atoms with Crippen molar-refractivity contribution in [3.8, 4) is 0 Å². The molecule has 0 N–H and O–H groups in total. The van der Waals surface area contributed by atoms with E-state index in [2.05, 4.69) is 6.58 Å². The van der Waals surface area contributed by atoms with Gasteiger partial charge in [0.1, 0.15) is 0 Å². The number of likely N-dealkylation sites (N-methyl/N-ethyl adjacent to an activating group) is 1. The third kappa shape index (κ3) is 4.09. The highest BCUT2D eigenvalue weighted by molar-refractivity contribution is 7.59. The van der Waals surface area contributed by atoms with Gasteiger partial charge >= 0.3 is 0 Å². The predicted molar refractivity (Wildman–Crippen MR) is 43.9 cm³/mol. The lowest BCUT2D eigenvalue weighted by atomic mass is 10.5. The number of carbonyl (C=O) groups excluding carboxylic acids is 1. The molecular formula is C6H13NOS. The molecule has 0 aromatic carbocycles. The molecule has 0 fully saturated rings. The van der Waals surface area contributed by atoms with Crippen molar-refractivity contribution in [1.29, 1.82) is 0 Å². The fraction of sp³-hybridized carbons (Fsp3) is 0.500. The second-order valence-electron chi connectivity index (χ2n) is 1.56. The van der Waals surface area contributed by atoms with Crippen LogP contribution in [0.2, 0.25) is 0 Å². The molecule has 0 saturated heterocycles. The first kappa shape index (κ1) is 11.4. The first-order chi connectivity index (χ1) is 3.72. The lowest BCUT2D eigenvalue weighted by molar-refractivity contribution is -0.124. The van der Waals surface area contributed by atoms with Crippen LogP contribution in [0.3, 0.4) is 0 Å². The van der Waals surface area contributed by atoms with Crippen LogP contribution in [0.15, 0.2) is 12.7 Å². The van der Waals surface area contributed by atoms with Gasteiger partial charge in [-0.05, 0) is 13.0 Å². The van der Waals surface area contributed by atoms with Gasteiger partial charge in [0.2, 0.25) is 5.91 Å². The highest BCUT2D eigenvalue weighted by Crippen LogP contribution is 1.81. The van der Waals surface area contributed by atoms with Gasteiger partial charge in [0.15, 0.2) is 0 Å². The first-order valence-electron chi connectivity index (χ1n) is 2.60. The van der Waals surface area contributed by atoms with Crippen LogP contribution in [0, 0.1) is 0 Å². The van der Waals surface area contributed by atoms with E-state index in [1.54, 1.807) is 11.9 Å². The lowest BCUT2D eigenvalue weighted by Gasteiger charge is -2.09. The molecule has 0 unspecified atom stereocenters. The van der Waals surface area contributed by atoms with Crippen LogP contribution in [0.1, 0.15) is 6.92 Å².